The molecule has 0 spiro atoms. The van der Waals surface area contributed by atoms with E-state index in [0.29, 0.717) is 22.6 Å². The molecule has 2 aliphatic rings. The lowest BCUT2D eigenvalue weighted by Crippen LogP contribution is -2.43. The Kier molecular flexibility index (Phi) is 7.74. The highest BCUT2D eigenvalue weighted by atomic mass is 32.2. The Morgan fingerprint density at radius 1 is 0.949 bits per heavy atom. The number of benzene rings is 3. The summed E-state index contributed by atoms with van der Waals surface area (Å²) in [5, 5.41) is 7.03. The summed E-state index contributed by atoms with van der Waals surface area (Å²) in [5.74, 6) is 1.35. The standard InChI is InChI=1S/C31H32N4O3S/c1-19-6-15-26(20(2)18-19)34-30(37)27-21(3)32-31-35(16-5-17-39-31)28(27)22-7-11-24(12-8-22)33-29(36)23-9-13-25(38-4)14-10-23/h6-15,18,28H,5,16-17H2,1-4H3,(H,33,36)(H,34,37). The van der Waals surface area contributed by atoms with E-state index < -0.39 is 0 Å². The van der Waals surface area contributed by atoms with E-state index in [9.17, 15) is 9.59 Å². The maximum atomic E-state index is 13.8. The van der Waals surface area contributed by atoms with Crippen molar-refractivity contribution < 1.29 is 14.3 Å². The number of aliphatic imine (C=N–C) groups is 1. The number of allylic oxidation sites excluding steroid dienone is 1. The highest BCUT2D eigenvalue weighted by molar-refractivity contribution is 8.13. The molecule has 2 N–H and O–H groups in total. The van der Waals surface area contributed by atoms with Crippen molar-refractivity contribution in [2.45, 2.75) is 33.2 Å². The Balaban J connectivity index is 1.42. The summed E-state index contributed by atoms with van der Waals surface area (Å²) in [6, 6.07) is 20.4. The molecule has 1 unspecified atom stereocenters. The first-order chi connectivity index (χ1) is 18.8. The predicted molar refractivity (Wildman–Crippen MR) is 159 cm³/mol. The molecule has 0 saturated carbocycles. The zero-order valence-corrected chi connectivity index (χ0v) is 23.4. The number of hydrogen-bond donors (Lipinski definition) is 2. The molecule has 8 heteroatoms. The van der Waals surface area contributed by atoms with Crippen LogP contribution in [-0.2, 0) is 4.79 Å². The Morgan fingerprint density at radius 3 is 2.38 bits per heavy atom. The van der Waals surface area contributed by atoms with Gasteiger partial charge in [-0.05, 0) is 80.8 Å². The molecule has 0 aromatic heterocycles. The molecular formula is C31H32N4O3S. The highest BCUT2D eigenvalue weighted by Gasteiger charge is 2.37. The van der Waals surface area contributed by atoms with E-state index in [-0.39, 0.29) is 17.9 Å². The number of nitrogens with zero attached hydrogens (tertiary/aromatic N) is 2. The summed E-state index contributed by atoms with van der Waals surface area (Å²) in [7, 11) is 1.59. The number of nitrogens with one attached hydrogen (secondary N) is 2. The molecule has 1 saturated heterocycles. The number of carbonyl (C=O) groups is 2. The smallest absolute Gasteiger partial charge is 0.255 e. The van der Waals surface area contributed by atoms with Crippen molar-refractivity contribution in [3.63, 3.8) is 0 Å². The average molecular weight is 541 g/mol. The molecule has 2 aliphatic heterocycles. The van der Waals surface area contributed by atoms with Crippen LogP contribution < -0.4 is 15.4 Å². The first-order valence-corrected chi connectivity index (χ1v) is 14.0. The number of hydrogen-bond acceptors (Lipinski definition) is 6. The Labute approximate surface area is 233 Å². The lowest BCUT2D eigenvalue weighted by molar-refractivity contribution is -0.113. The van der Waals surface area contributed by atoms with Gasteiger partial charge in [0.15, 0.2) is 5.17 Å². The van der Waals surface area contributed by atoms with E-state index in [1.165, 1.54) is 0 Å². The second-order valence-electron chi connectivity index (χ2n) is 9.77. The Bertz CT molecular complexity index is 1460. The third-order valence-electron chi connectivity index (χ3n) is 6.97. The molecule has 3 aromatic carbocycles. The quantitative estimate of drug-likeness (QED) is 0.382. The number of methoxy groups -OCH3 is 1. The number of anilines is 2. The third-order valence-corrected chi connectivity index (χ3v) is 8.05. The van der Waals surface area contributed by atoms with Gasteiger partial charge in [0.1, 0.15) is 5.75 Å². The summed E-state index contributed by atoms with van der Waals surface area (Å²) in [6.45, 7) is 6.77. The minimum atomic E-state index is -0.276. The fraction of sp³-hybridized carbons (Fsp3) is 0.258. The van der Waals surface area contributed by atoms with Gasteiger partial charge in [0.25, 0.3) is 11.8 Å². The molecule has 5 rings (SSSR count). The van der Waals surface area contributed by atoms with Crippen molar-refractivity contribution in [2.75, 3.05) is 30.0 Å². The molecule has 1 fully saturated rings. The topological polar surface area (TPSA) is 83.0 Å². The van der Waals surface area contributed by atoms with E-state index >= 15 is 0 Å². The summed E-state index contributed by atoms with van der Waals surface area (Å²) in [4.78, 5) is 33.6. The molecule has 2 heterocycles. The van der Waals surface area contributed by atoms with Crippen molar-refractivity contribution in [2.24, 2.45) is 4.99 Å². The van der Waals surface area contributed by atoms with Gasteiger partial charge in [0.2, 0.25) is 0 Å². The summed E-state index contributed by atoms with van der Waals surface area (Å²) in [5.41, 5.74) is 6.51. The van der Waals surface area contributed by atoms with Crippen LogP contribution in [0, 0.1) is 13.8 Å². The van der Waals surface area contributed by atoms with Crippen molar-refractivity contribution in [1.29, 1.82) is 0 Å². The summed E-state index contributed by atoms with van der Waals surface area (Å²) >= 11 is 1.73. The number of ether oxygens (including phenoxy) is 1. The lowest BCUT2D eigenvalue weighted by Gasteiger charge is -2.41. The molecule has 200 valence electrons. The van der Waals surface area contributed by atoms with Crippen LogP contribution in [0.2, 0.25) is 0 Å². The lowest BCUT2D eigenvalue weighted by atomic mass is 9.93. The number of fused-ring (bicyclic) bond motifs is 1. The van der Waals surface area contributed by atoms with Crippen LogP contribution in [0.25, 0.3) is 0 Å². The van der Waals surface area contributed by atoms with E-state index in [4.69, 9.17) is 9.73 Å². The van der Waals surface area contributed by atoms with Crippen molar-refractivity contribution in [1.82, 2.24) is 4.90 Å². The zero-order valence-electron chi connectivity index (χ0n) is 22.6. The van der Waals surface area contributed by atoms with Gasteiger partial charge >= 0.3 is 0 Å². The van der Waals surface area contributed by atoms with Gasteiger partial charge in [0.05, 0.1) is 24.4 Å². The van der Waals surface area contributed by atoms with Crippen LogP contribution in [0.5, 0.6) is 5.75 Å². The molecule has 1 atom stereocenters. The number of amidine groups is 1. The van der Waals surface area contributed by atoms with E-state index in [1.54, 1.807) is 43.1 Å². The molecule has 0 aliphatic carbocycles. The maximum Gasteiger partial charge on any atom is 0.255 e. The normalized spacial score (nSPS) is 16.8. The van der Waals surface area contributed by atoms with Crippen LogP contribution in [0.4, 0.5) is 11.4 Å². The molecule has 2 amide bonds. The van der Waals surface area contributed by atoms with Crippen LogP contribution in [0.1, 0.15) is 46.4 Å². The van der Waals surface area contributed by atoms with Gasteiger partial charge in [-0.25, -0.2) is 4.99 Å². The van der Waals surface area contributed by atoms with E-state index in [0.717, 1.165) is 52.0 Å². The molecule has 39 heavy (non-hydrogen) atoms. The minimum absolute atomic E-state index is 0.153. The van der Waals surface area contributed by atoms with Crippen LogP contribution in [0.15, 0.2) is 83.0 Å². The SMILES string of the molecule is COc1ccc(C(=O)Nc2ccc(C3C(C(=O)Nc4ccc(C)cc4C)=C(C)N=C4SCCCN43)cc2)cc1. The average Bonchev–Trinajstić information content (AvgIpc) is 2.94. The fourth-order valence-corrected chi connectivity index (χ4v) is 5.96. The van der Waals surface area contributed by atoms with E-state index in [2.05, 4.69) is 21.6 Å². The second kappa shape index (κ2) is 11.4. The number of carbonyl (C=O) groups excluding carboxylic acids is 2. The molecule has 7 nitrogen and oxygen atoms in total. The molecule has 3 aromatic rings. The van der Waals surface area contributed by atoms with Crippen LogP contribution in [-0.4, -0.2) is 41.3 Å². The molecule has 0 radical (unpaired) electrons. The Morgan fingerprint density at radius 2 is 1.69 bits per heavy atom. The van der Waals surface area contributed by atoms with Crippen LogP contribution >= 0.6 is 11.8 Å². The maximum absolute atomic E-state index is 13.8. The zero-order chi connectivity index (χ0) is 27.5. The van der Waals surface area contributed by atoms with Crippen molar-refractivity contribution in [3.05, 3.63) is 100 Å². The van der Waals surface area contributed by atoms with Crippen molar-refractivity contribution in [3.8, 4) is 5.75 Å². The van der Waals surface area contributed by atoms with Gasteiger partial charge < -0.3 is 20.3 Å². The largest absolute Gasteiger partial charge is 0.497 e. The first kappa shape index (κ1) is 26.6. The number of rotatable bonds is 6. The van der Waals surface area contributed by atoms with Gasteiger partial charge in [-0.1, -0.05) is 41.6 Å². The first-order valence-electron chi connectivity index (χ1n) is 13.0. The summed E-state index contributed by atoms with van der Waals surface area (Å²) in [6.07, 6.45) is 1.02. The third kappa shape index (κ3) is 5.71. The summed E-state index contributed by atoms with van der Waals surface area (Å²) < 4.78 is 5.17. The molecule has 0 bridgehead atoms. The van der Waals surface area contributed by atoms with E-state index in [1.807, 2.05) is 57.2 Å². The number of thioether (sulfide) groups is 1. The monoisotopic (exact) mass is 540 g/mol. The highest BCUT2D eigenvalue weighted by Crippen LogP contribution is 2.40. The van der Waals surface area contributed by atoms with Gasteiger partial charge in [-0.2, -0.15) is 0 Å². The Hall–Kier alpha value is -4.04. The minimum Gasteiger partial charge on any atom is -0.497 e. The second-order valence-corrected chi connectivity index (χ2v) is 10.8. The van der Waals surface area contributed by atoms with Gasteiger partial charge in [0, 0.05) is 29.2 Å². The van der Waals surface area contributed by atoms with Crippen molar-refractivity contribution >= 4 is 40.1 Å². The number of aryl methyl sites for hydroxylation is 2. The fourth-order valence-electron chi connectivity index (χ4n) is 4.94. The van der Waals surface area contributed by atoms with Gasteiger partial charge in [-0.15, -0.1) is 0 Å². The van der Waals surface area contributed by atoms with Crippen LogP contribution in [0.3, 0.4) is 0 Å². The molecular weight excluding hydrogens is 508 g/mol. The number of amides is 2. The predicted octanol–water partition coefficient (Wildman–Crippen LogP) is 6.33. The van der Waals surface area contributed by atoms with Gasteiger partial charge in [-0.3, -0.25) is 9.59 Å².